The summed E-state index contributed by atoms with van der Waals surface area (Å²) in [6.45, 7) is 1.00. The number of para-hydroxylation sites is 2. The highest BCUT2D eigenvalue weighted by molar-refractivity contribution is 5.79. The minimum atomic E-state index is -0.241. The van der Waals surface area contributed by atoms with Crippen molar-refractivity contribution in [2.24, 2.45) is 5.92 Å². The molecule has 4 nitrogen and oxygen atoms in total. The second kappa shape index (κ2) is 7.91. The number of imidazole rings is 1. The highest BCUT2D eigenvalue weighted by atomic mass is 19.1. The smallest absolute Gasteiger partial charge is 0.223 e. The van der Waals surface area contributed by atoms with Gasteiger partial charge in [-0.25, -0.2) is 9.37 Å². The van der Waals surface area contributed by atoms with Crippen LogP contribution < -0.4 is 5.32 Å². The standard InChI is InChI=1S/C22H24FN3O/c23-18-12-10-16(11-13-18)15-26-20-9-5-4-8-19(20)25-21(26)14-24-22(27)17-6-2-1-3-7-17/h4-5,8-13,17H,1-3,6-7,14-15H2,(H,24,27). The molecule has 1 heterocycles. The average Bonchev–Trinajstić information content (AvgIpc) is 3.06. The lowest BCUT2D eigenvalue weighted by Crippen LogP contribution is -2.32. The Kier molecular flexibility index (Phi) is 5.19. The summed E-state index contributed by atoms with van der Waals surface area (Å²) >= 11 is 0. The van der Waals surface area contributed by atoms with Gasteiger partial charge in [0.25, 0.3) is 0 Å². The number of carbonyl (C=O) groups excluding carboxylic acids is 1. The fourth-order valence-corrected chi connectivity index (χ4v) is 3.88. The maximum Gasteiger partial charge on any atom is 0.223 e. The summed E-state index contributed by atoms with van der Waals surface area (Å²) in [4.78, 5) is 17.2. The van der Waals surface area contributed by atoms with Crippen molar-refractivity contribution in [1.82, 2.24) is 14.9 Å². The predicted molar refractivity (Wildman–Crippen MR) is 104 cm³/mol. The molecule has 1 saturated carbocycles. The lowest BCUT2D eigenvalue weighted by Gasteiger charge is -2.20. The van der Waals surface area contributed by atoms with Crippen LogP contribution in [0.5, 0.6) is 0 Å². The van der Waals surface area contributed by atoms with Crippen molar-refractivity contribution in [3.05, 3.63) is 65.7 Å². The van der Waals surface area contributed by atoms with E-state index in [9.17, 15) is 9.18 Å². The summed E-state index contributed by atoms with van der Waals surface area (Å²) in [7, 11) is 0. The molecule has 0 aliphatic heterocycles. The Bertz CT molecular complexity index is 926. The van der Waals surface area contributed by atoms with Gasteiger partial charge in [0.05, 0.1) is 17.6 Å². The molecule has 1 N–H and O–H groups in total. The molecule has 1 aliphatic rings. The third-order valence-corrected chi connectivity index (χ3v) is 5.38. The van der Waals surface area contributed by atoms with Gasteiger partial charge in [0.2, 0.25) is 5.91 Å². The van der Waals surface area contributed by atoms with Crippen LogP contribution >= 0.6 is 0 Å². The Morgan fingerprint density at radius 1 is 1.07 bits per heavy atom. The molecule has 0 atom stereocenters. The van der Waals surface area contributed by atoms with Gasteiger partial charge in [-0.1, -0.05) is 43.5 Å². The zero-order valence-electron chi connectivity index (χ0n) is 15.3. The number of rotatable bonds is 5. The Balaban J connectivity index is 1.56. The molecule has 0 saturated heterocycles. The normalized spacial score (nSPS) is 15.1. The van der Waals surface area contributed by atoms with E-state index in [-0.39, 0.29) is 17.6 Å². The van der Waals surface area contributed by atoms with E-state index in [4.69, 9.17) is 4.98 Å². The van der Waals surface area contributed by atoms with Gasteiger partial charge in [-0.15, -0.1) is 0 Å². The first-order valence-corrected chi connectivity index (χ1v) is 9.67. The number of nitrogens with zero attached hydrogens (tertiary/aromatic N) is 2. The number of aromatic nitrogens is 2. The van der Waals surface area contributed by atoms with Gasteiger partial charge in [-0.3, -0.25) is 4.79 Å². The Morgan fingerprint density at radius 2 is 1.81 bits per heavy atom. The fourth-order valence-electron chi connectivity index (χ4n) is 3.88. The van der Waals surface area contributed by atoms with Crippen molar-refractivity contribution in [1.29, 1.82) is 0 Å². The van der Waals surface area contributed by atoms with Gasteiger partial charge in [0, 0.05) is 12.5 Å². The summed E-state index contributed by atoms with van der Waals surface area (Å²) in [5.74, 6) is 0.850. The Labute approximate surface area is 158 Å². The topological polar surface area (TPSA) is 46.9 Å². The molecule has 2 aromatic carbocycles. The van der Waals surface area contributed by atoms with Crippen LogP contribution in [-0.2, 0) is 17.9 Å². The molecule has 0 spiro atoms. The molecule has 1 amide bonds. The van der Waals surface area contributed by atoms with Gasteiger partial charge < -0.3 is 9.88 Å². The first kappa shape index (κ1) is 17.7. The number of fused-ring (bicyclic) bond motifs is 1. The molecule has 0 radical (unpaired) electrons. The minimum absolute atomic E-state index is 0.133. The molecular formula is C22H24FN3O. The van der Waals surface area contributed by atoms with Gasteiger partial charge in [0.15, 0.2) is 0 Å². The minimum Gasteiger partial charge on any atom is -0.349 e. The van der Waals surface area contributed by atoms with E-state index in [2.05, 4.69) is 9.88 Å². The molecule has 140 valence electrons. The van der Waals surface area contributed by atoms with Crippen molar-refractivity contribution < 1.29 is 9.18 Å². The zero-order chi connectivity index (χ0) is 18.6. The summed E-state index contributed by atoms with van der Waals surface area (Å²) in [5.41, 5.74) is 2.92. The number of amides is 1. The number of carbonyl (C=O) groups is 1. The maximum absolute atomic E-state index is 13.2. The number of benzene rings is 2. The monoisotopic (exact) mass is 365 g/mol. The molecule has 1 aliphatic carbocycles. The van der Waals surface area contributed by atoms with Crippen LogP contribution in [0.4, 0.5) is 4.39 Å². The van der Waals surface area contributed by atoms with E-state index in [1.54, 1.807) is 12.1 Å². The van der Waals surface area contributed by atoms with E-state index in [1.807, 2.05) is 24.3 Å². The Hall–Kier alpha value is -2.69. The molecule has 3 aromatic rings. The molecule has 5 heteroatoms. The van der Waals surface area contributed by atoms with E-state index in [1.165, 1.54) is 18.6 Å². The predicted octanol–water partition coefficient (Wildman–Crippen LogP) is 4.42. The van der Waals surface area contributed by atoms with Crippen LogP contribution in [0.2, 0.25) is 0 Å². The highest BCUT2D eigenvalue weighted by Gasteiger charge is 2.21. The van der Waals surface area contributed by atoms with Gasteiger partial charge >= 0.3 is 0 Å². The summed E-state index contributed by atoms with van der Waals surface area (Å²) < 4.78 is 15.3. The number of hydrogen-bond donors (Lipinski definition) is 1. The molecule has 4 rings (SSSR count). The van der Waals surface area contributed by atoms with Crippen LogP contribution in [0.3, 0.4) is 0 Å². The van der Waals surface area contributed by atoms with Crippen LogP contribution in [0.15, 0.2) is 48.5 Å². The van der Waals surface area contributed by atoms with E-state index in [0.29, 0.717) is 13.1 Å². The summed E-state index contributed by atoms with van der Waals surface area (Å²) in [6, 6.07) is 14.5. The van der Waals surface area contributed by atoms with Gasteiger partial charge in [0.1, 0.15) is 11.6 Å². The third-order valence-electron chi connectivity index (χ3n) is 5.38. The lowest BCUT2D eigenvalue weighted by molar-refractivity contribution is -0.126. The van der Waals surface area contributed by atoms with Crippen molar-refractivity contribution in [3.63, 3.8) is 0 Å². The molecule has 1 fully saturated rings. The van der Waals surface area contributed by atoms with E-state index in [0.717, 1.165) is 48.1 Å². The lowest BCUT2D eigenvalue weighted by atomic mass is 9.89. The third kappa shape index (κ3) is 4.02. The second-order valence-electron chi connectivity index (χ2n) is 7.28. The first-order valence-electron chi connectivity index (χ1n) is 9.67. The molecule has 0 bridgehead atoms. The van der Waals surface area contributed by atoms with Crippen LogP contribution in [0.25, 0.3) is 11.0 Å². The second-order valence-corrected chi connectivity index (χ2v) is 7.28. The molecular weight excluding hydrogens is 341 g/mol. The van der Waals surface area contributed by atoms with Crippen molar-refractivity contribution >= 4 is 16.9 Å². The van der Waals surface area contributed by atoms with E-state index < -0.39 is 0 Å². The highest BCUT2D eigenvalue weighted by Crippen LogP contribution is 2.24. The van der Waals surface area contributed by atoms with Crippen molar-refractivity contribution in [3.8, 4) is 0 Å². The largest absolute Gasteiger partial charge is 0.349 e. The molecule has 1 aromatic heterocycles. The molecule has 0 unspecified atom stereocenters. The van der Waals surface area contributed by atoms with Crippen molar-refractivity contribution in [2.45, 2.75) is 45.2 Å². The van der Waals surface area contributed by atoms with Gasteiger partial charge in [-0.2, -0.15) is 0 Å². The van der Waals surface area contributed by atoms with Gasteiger partial charge in [-0.05, 0) is 42.7 Å². The van der Waals surface area contributed by atoms with Crippen LogP contribution in [0, 0.1) is 11.7 Å². The number of halogens is 1. The van der Waals surface area contributed by atoms with Crippen LogP contribution in [-0.4, -0.2) is 15.5 Å². The average molecular weight is 365 g/mol. The summed E-state index contributed by atoms with van der Waals surface area (Å²) in [6.07, 6.45) is 5.48. The van der Waals surface area contributed by atoms with E-state index >= 15 is 0 Å². The quantitative estimate of drug-likeness (QED) is 0.727. The maximum atomic E-state index is 13.2. The van der Waals surface area contributed by atoms with Crippen molar-refractivity contribution in [2.75, 3.05) is 0 Å². The fraction of sp³-hybridized carbons (Fsp3) is 0.364. The SMILES string of the molecule is O=C(NCc1nc2ccccc2n1Cc1ccc(F)cc1)C1CCCCC1. The number of nitrogens with one attached hydrogen (secondary N) is 1. The molecule has 27 heavy (non-hydrogen) atoms. The Morgan fingerprint density at radius 3 is 2.59 bits per heavy atom. The summed E-state index contributed by atoms with van der Waals surface area (Å²) in [5, 5.41) is 3.08. The zero-order valence-corrected chi connectivity index (χ0v) is 15.3. The van der Waals surface area contributed by atoms with Crippen LogP contribution in [0.1, 0.15) is 43.5 Å². The number of hydrogen-bond acceptors (Lipinski definition) is 2. The first-order chi connectivity index (χ1) is 13.2.